The highest BCUT2D eigenvalue weighted by Crippen LogP contribution is 2.29. The first-order valence-corrected chi connectivity index (χ1v) is 9.36. The SMILES string of the molecule is Cc1c(C(=O)N2CCC[C@@H]2C(=O)Nc2cc(Cl)ccc2Cl)cccc1[N+](=O)[O-]. The number of halogens is 2. The summed E-state index contributed by atoms with van der Waals surface area (Å²) in [6.45, 7) is 1.92. The zero-order chi connectivity index (χ0) is 20.4. The minimum absolute atomic E-state index is 0.128. The molecule has 1 saturated heterocycles. The van der Waals surface area contributed by atoms with Crippen molar-refractivity contribution in [2.45, 2.75) is 25.8 Å². The summed E-state index contributed by atoms with van der Waals surface area (Å²) in [5.41, 5.74) is 0.734. The van der Waals surface area contributed by atoms with E-state index in [-0.39, 0.29) is 22.7 Å². The number of nitro benzene ring substituents is 1. The number of amides is 2. The molecule has 28 heavy (non-hydrogen) atoms. The van der Waals surface area contributed by atoms with E-state index in [0.29, 0.717) is 35.1 Å². The average molecular weight is 422 g/mol. The lowest BCUT2D eigenvalue weighted by Gasteiger charge is -2.25. The standard InChI is InChI=1S/C19H17Cl2N3O4/c1-11-13(4-2-5-16(11)24(27)28)19(26)23-9-3-6-17(23)18(25)22-15-10-12(20)7-8-14(15)21/h2,4-5,7-8,10,17H,3,6,9H2,1H3,(H,22,25)/t17-/m1/s1. The number of hydrogen-bond donors (Lipinski definition) is 1. The summed E-state index contributed by atoms with van der Waals surface area (Å²) in [5.74, 6) is -0.783. The van der Waals surface area contributed by atoms with Gasteiger partial charge in [0.05, 0.1) is 15.6 Å². The first-order valence-electron chi connectivity index (χ1n) is 8.60. The number of likely N-dealkylation sites (tertiary alicyclic amines) is 1. The lowest BCUT2D eigenvalue weighted by molar-refractivity contribution is -0.385. The molecular weight excluding hydrogens is 405 g/mol. The molecule has 0 radical (unpaired) electrons. The Morgan fingerprint density at radius 1 is 1.25 bits per heavy atom. The Balaban J connectivity index is 1.84. The van der Waals surface area contributed by atoms with E-state index in [0.717, 1.165) is 0 Å². The van der Waals surface area contributed by atoms with Crippen molar-refractivity contribution in [1.82, 2.24) is 4.90 Å². The summed E-state index contributed by atoms with van der Waals surface area (Å²) < 4.78 is 0. The van der Waals surface area contributed by atoms with Gasteiger partial charge >= 0.3 is 0 Å². The molecular formula is C19H17Cl2N3O4. The van der Waals surface area contributed by atoms with Crippen LogP contribution in [-0.4, -0.2) is 34.2 Å². The van der Waals surface area contributed by atoms with Crippen LogP contribution in [0.4, 0.5) is 11.4 Å². The quantitative estimate of drug-likeness (QED) is 0.582. The molecule has 146 valence electrons. The van der Waals surface area contributed by atoms with Gasteiger partial charge in [0.2, 0.25) is 5.91 Å². The van der Waals surface area contributed by atoms with Crippen molar-refractivity contribution in [1.29, 1.82) is 0 Å². The molecule has 0 saturated carbocycles. The van der Waals surface area contributed by atoms with Crippen LogP contribution in [0.15, 0.2) is 36.4 Å². The van der Waals surface area contributed by atoms with E-state index in [1.54, 1.807) is 12.1 Å². The number of carbonyl (C=O) groups excluding carboxylic acids is 2. The molecule has 7 nitrogen and oxygen atoms in total. The monoisotopic (exact) mass is 421 g/mol. The van der Waals surface area contributed by atoms with Gasteiger partial charge in [-0.15, -0.1) is 0 Å². The normalized spacial score (nSPS) is 16.1. The van der Waals surface area contributed by atoms with Gasteiger partial charge in [-0.05, 0) is 44.0 Å². The largest absolute Gasteiger partial charge is 0.327 e. The van der Waals surface area contributed by atoms with Gasteiger partial charge in [0.25, 0.3) is 11.6 Å². The third kappa shape index (κ3) is 3.95. The predicted octanol–water partition coefficient (Wildman–Crippen LogP) is 4.45. The second kappa shape index (κ2) is 8.16. The van der Waals surface area contributed by atoms with E-state index >= 15 is 0 Å². The van der Waals surface area contributed by atoms with Gasteiger partial charge in [0, 0.05) is 28.8 Å². The van der Waals surface area contributed by atoms with Crippen molar-refractivity contribution in [3.05, 3.63) is 67.7 Å². The minimum atomic E-state index is -0.693. The molecule has 1 fully saturated rings. The number of carbonyl (C=O) groups is 2. The van der Waals surface area contributed by atoms with Gasteiger partial charge in [-0.3, -0.25) is 19.7 Å². The average Bonchev–Trinajstić information content (AvgIpc) is 3.14. The summed E-state index contributed by atoms with van der Waals surface area (Å²) in [7, 11) is 0. The fourth-order valence-electron chi connectivity index (χ4n) is 3.30. The van der Waals surface area contributed by atoms with E-state index in [9.17, 15) is 19.7 Å². The highest BCUT2D eigenvalue weighted by atomic mass is 35.5. The van der Waals surface area contributed by atoms with Gasteiger partial charge < -0.3 is 10.2 Å². The second-order valence-electron chi connectivity index (χ2n) is 6.48. The lowest BCUT2D eigenvalue weighted by Crippen LogP contribution is -2.43. The summed E-state index contributed by atoms with van der Waals surface area (Å²) in [6, 6.07) is 8.37. The van der Waals surface area contributed by atoms with Crippen molar-refractivity contribution in [2.75, 3.05) is 11.9 Å². The summed E-state index contributed by atoms with van der Waals surface area (Å²) in [6.07, 6.45) is 1.14. The van der Waals surface area contributed by atoms with Gasteiger partial charge in [0.1, 0.15) is 6.04 Å². The Kier molecular flexibility index (Phi) is 5.86. The predicted molar refractivity (Wildman–Crippen MR) is 107 cm³/mol. The number of anilines is 1. The summed E-state index contributed by atoms with van der Waals surface area (Å²) >= 11 is 12.0. The van der Waals surface area contributed by atoms with Crippen molar-refractivity contribution in [3.8, 4) is 0 Å². The van der Waals surface area contributed by atoms with Crippen molar-refractivity contribution in [2.24, 2.45) is 0 Å². The molecule has 0 aliphatic carbocycles. The first-order chi connectivity index (χ1) is 13.3. The number of nitrogens with zero attached hydrogens (tertiary/aromatic N) is 2. The van der Waals surface area contributed by atoms with Crippen LogP contribution in [0.3, 0.4) is 0 Å². The Bertz CT molecular complexity index is 964. The van der Waals surface area contributed by atoms with Crippen molar-refractivity contribution >= 4 is 46.4 Å². The highest BCUT2D eigenvalue weighted by Gasteiger charge is 2.36. The van der Waals surface area contributed by atoms with Crippen LogP contribution in [0, 0.1) is 17.0 Å². The van der Waals surface area contributed by atoms with Gasteiger partial charge in [-0.2, -0.15) is 0 Å². The Hall–Kier alpha value is -2.64. The maximum Gasteiger partial charge on any atom is 0.273 e. The zero-order valence-electron chi connectivity index (χ0n) is 14.9. The Morgan fingerprint density at radius 3 is 2.71 bits per heavy atom. The molecule has 1 aliphatic rings. The van der Waals surface area contributed by atoms with Crippen LogP contribution in [0.2, 0.25) is 10.0 Å². The number of benzene rings is 2. The summed E-state index contributed by atoms with van der Waals surface area (Å²) in [4.78, 5) is 37.8. The van der Waals surface area contributed by atoms with E-state index < -0.39 is 16.9 Å². The molecule has 9 heteroatoms. The molecule has 0 spiro atoms. The third-order valence-electron chi connectivity index (χ3n) is 4.73. The van der Waals surface area contributed by atoms with Crippen LogP contribution >= 0.6 is 23.2 Å². The van der Waals surface area contributed by atoms with Crippen molar-refractivity contribution in [3.63, 3.8) is 0 Å². The Morgan fingerprint density at radius 2 is 2.00 bits per heavy atom. The molecule has 2 amide bonds. The fourth-order valence-corrected chi connectivity index (χ4v) is 3.64. The van der Waals surface area contributed by atoms with Crippen LogP contribution in [0.5, 0.6) is 0 Å². The number of nitro groups is 1. The molecule has 1 aliphatic heterocycles. The molecule has 1 atom stereocenters. The van der Waals surface area contributed by atoms with Crippen molar-refractivity contribution < 1.29 is 14.5 Å². The molecule has 1 N–H and O–H groups in total. The lowest BCUT2D eigenvalue weighted by atomic mass is 10.0. The van der Waals surface area contributed by atoms with Gasteiger partial charge in [0.15, 0.2) is 0 Å². The first kappa shape index (κ1) is 20.1. The second-order valence-corrected chi connectivity index (χ2v) is 7.32. The maximum absolute atomic E-state index is 13.0. The molecule has 0 unspecified atom stereocenters. The maximum atomic E-state index is 13.0. The van der Waals surface area contributed by atoms with E-state index in [1.165, 1.54) is 36.1 Å². The Labute approximate surface area is 171 Å². The van der Waals surface area contributed by atoms with E-state index in [1.807, 2.05) is 0 Å². The number of nitrogens with one attached hydrogen (secondary N) is 1. The number of rotatable bonds is 4. The van der Waals surface area contributed by atoms with Gasteiger partial charge in [-0.1, -0.05) is 29.3 Å². The van der Waals surface area contributed by atoms with Crippen LogP contribution in [0.1, 0.15) is 28.8 Å². The molecule has 3 rings (SSSR count). The summed E-state index contributed by atoms with van der Waals surface area (Å²) in [5, 5.41) is 14.6. The van der Waals surface area contributed by atoms with Crippen LogP contribution < -0.4 is 5.32 Å². The highest BCUT2D eigenvalue weighted by molar-refractivity contribution is 6.35. The molecule has 0 bridgehead atoms. The minimum Gasteiger partial charge on any atom is -0.327 e. The fraction of sp³-hybridized carbons (Fsp3) is 0.263. The van der Waals surface area contributed by atoms with Crippen LogP contribution in [-0.2, 0) is 4.79 Å². The van der Waals surface area contributed by atoms with Gasteiger partial charge in [-0.25, -0.2) is 0 Å². The molecule has 2 aromatic carbocycles. The third-order valence-corrected chi connectivity index (χ3v) is 5.30. The zero-order valence-corrected chi connectivity index (χ0v) is 16.5. The van der Waals surface area contributed by atoms with E-state index in [4.69, 9.17) is 23.2 Å². The molecule has 0 aromatic heterocycles. The topological polar surface area (TPSA) is 92.6 Å². The number of hydrogen-bond acceptors (Lipinski definition) is 4. The molecule has 2 aromatic rings. The van der Waals surface area contributed by atoms with Crippen LogP contribution in [0.25, 0.3) is 0 Å². The van der Waals surface area contributed by atoms with E-state index in [2.05, 4.69) is 5.32 Å². The molecule has 1 heterocycles. The smallest absolute Gasteiger partial charge is 0.273 e.